The van der Waals surface area contributed by atoms with Crippen LogP contribution in [0.1, 0.15) is 149 Å². The van der Waals surface area contributed by atoms with E-state index in [-0.39, 0.29) is 0 Å². The number of aromatic amines is 2. The molecule has 0 aliphatic carbocycles. The van der Waals surface area contributed by atoms with Crippen molar-refractivity contribution >= 4 is 44.4 Å². The average molecular weight is 855 g/mol. The Bertz CT molecular complexity index is 2780. The molecule has 0 aromatic carbocycles. The molecule has 64 heavy (non-hydrogen) atoms. The third kappa shape index (κ3) is 6.71. The first-order chi connectivity index (χ1) is 31.0. The van der Waals surface area contributed by atoms with Gasteiger partial charge in [0.05, 0.1) is 67.1 Å². The number of fused-ring (bicyclic) bond motifs is 8. The average Bonchev–Trinajstić information content (AvgIpc) is 4.16. The molecule has 0 saturated heterocycles. The first-order valence-electron chi connectivity index (χ1n) is 23.7. The molecule has 0 unspecified atom stereocenters. The van der Waals surface area contributed by atoms with E-state index in [0.29, 0.717) is 0 Å². The molecule has 7 aromatic heterocycles. The molecule has 8 bridgehead atoms. The molecule has 0 radical (unpaired) electrons. The van der Waals surface area contributed by atoms with Gasteiger partial charge in [-0.1, -0.05) is 55.4 Å². The minimum absolute atomic E-state index is 0.782. The van der Waals surface area contributed by atoms with Gasteiger partial charge in [-0.05, 0) is 172 Å². The SMILES string of the molecule is CCC1=C(CC)c2nc1c(-c1ccc(C)o1)c1[nH]c(c(CC)c1CC)c(-c1ccc(C)o1)c1nc(c(-c3ccc(C)o3)c3[nH]c(c(CC)c3CC)c2-c2ccc(C)o2)C(CC)=C1CC. The Labute approximate surface area is 377 Å². The fraction of sp³-hybridized carbons (Fsp3) is 0.357. The normalized spacial score (nSPS) is 13.1. The molecule has 7 aromatic rings. The summed E-state index contributed by atoms with van der Waals surface area (Å²) in [7, 11) is 0. The highest BCUT2D eigenvalue weighted by Gasteiger charge is 2.33. The minimum Gasteiger partial charge on any atom is -0.461 e. The molecule has 0 saturated carbocycles. The maximum atomic E-state index is 6.69. The molecule has 0 atom stereocenters. The molecule has 330 valence electrons. The van der Waals surface area contributed by atoms with Crippen molar-refractivity contribution < 1.29 is 17.7 Å². The molecule has 0 spiro atoms. The van der Waals surface area contributed by atoms with Crippen LogP contribution < -0.4 is 0 Å². The van der Waals surface area contributed by atoms with Crippen molar-refractivity contribution in [3.63, 3.8) is 0 Å². The standard InChI is InChI=1S/C56H62N4O4/c1-13-33-34(14-2)50-46(42-26-22-30(10)62-42)52-37(17-5)38(18-6)54(59-52)48(44-28-24-32(12)64-44)56-40(20-8)39(19-7)55(60-56)47(43-27-23-31(11)63-43)53-36(16-4)35(15-3)51(58-53)45(49(33)57-50)41-25-21-29(9)61-41/h21-28,57,60H,13-20H2,1-12H3. The smallest absolute Gasteiger partial charge is 0.138 e. The van der Waals surface area contributed by atoms with Crippen molar-refractivity contribution in [3.05, 3.63) is 117 Å². The Morgan fingerprint density at radius 3 is 0.703 bits per heavy atom. The van der Waals surface area contributed by atoms with Crippen LogP contribution in [-0.2, 0) is 25.7 Å². The minimum atomic E-state index is 0.782. The van der Waals surface area contributed by atoms with E-state index in [2.05, 4.69) is 114 Å². The van der Waals surface area contributed by atoms with Crippen LogP contribution in [0, 0.1) is 27.7 Å². The largest absolute Gasteiger partial charge is 0.461 e. The number of nitrogens with zero attached hydrogens (tertiary/aromatic N) is 2. The fourth-order valence-electron chi connectivity index (χ4n) is 10.7. The van der Waals surface area contributed by atoms with Crippen molar-refractivity contribution in [3.8, 4) is 45.3 Å². The topological polar surface area (TPSA) is 110 Å². The van der Waals surface area contributed by atoms with Gasteiger partial charge in [-0.2, -0.15) is 0 Å². The Morgan fingerprint density at radius 2 is 0.547 bits per heavy atom. The third-order valence-corrected chi connectivity index (χ3v) is 13.5. The number of hydrogen-bond donors (Lipinski definition) is 2. The van der Waals surface area contributed by atoms with Crippen LogP contribution in [0.15, 0.2) is 66.2 Å². The van der Waals surface area contributed by atoms with E-state index < -0.39 is 0 Å². The zero-order valence-corrected chi connectivity index (χ0v) is 39.8. The van der Waals surface area contributed by atoms with Gasteiger partial charge in [0.1, 0.15) is 46.1 Å². The summed E-state index contributed by atoms with van der Waals surface area (Å²) in [6, 6.07) is 16.7. The van der Waals surface area contributed by atoms with Crippen LogP contribution in [0.2, 0.25) is 0 Å². The van der Waals surface area contributed by atoms with Gasteiger partial charge >= 0.3 is 0 Å². The van der Waals surface area contributed by atoms with Crippen molar-refractivity contribution in [2.75, 3.05) is 0 Å². The highest BCUT2D eigenvalue weighted by Crippen LogP contribution is 2.50. The molecular weight excluding hydrogens is 793 g/mol. The van der Waals surface area contributed by atoms with Crippen molar-refractivity contribution in [1.82, 2.24) is 19.9 Å². The highest BCUT2D eigenvalue weighted by atomic mass is 16.3. The Kier molecular flexibility index (Phi) is 11.4. The summed E-state index contributed by atoms with van der Waals surface area (Å²) in [5.74, 6) is 6.51. The molecule has 8 nitrogen and oxygen atoms in total. The van der Waals surface area contributed by atoms with Crippen molar-refractivity contribution in [1.29, 1.82) is 0 Å². The lowest BCUT2D eigenvalue weighted by Gasteiger charge is -2.09. The fourth-order valence-corrected chi connectivity index (χ4v) is 10.7. The first kappa shape index (κ1) is 43.0. The molecule has 2 aliphatic heterocycles. The van der Waals surface area contributed by atoms with E-state index in [4.69, 9.17) is 27.6 Å². The summed E-state index contributed by atoms with van der Waals surface area (Å²) in [6.07, 6.45) is 6.30. The van der Waals surface area contributed by atoms with E-state index in [1.165, 1.54) is 44.5 Å². The number of furan rings is 4. The number of hydrogen-bond acceptors (Lipinski definition) is 6. The first-order valence-corrected chi connectivity index (χ1v) is 23.7. The van der Waals surface area contributed by atoms with Crippen LogP contribution in [0.4, 0.5) is 0 Å². The monoisotopic (exact) mass is 854 g/mol. The van der Waals surface area contributed by atoms with Crippen LogP contribution in [0.5, 0.6) is 0 Å². The van der Waals surface area contributed by atoms with Crippen molar-refractivity contribution in [2.45, 2.75) is 134 Å². The molecular formula is C56H62N4O4. The lowest BCUT2D eigenvalue weighted by Crippen LogP contribution is -1.93. The second-order valence-corrected chi connectivity index (χ2v) is 17.2. The van der Waals surface area contributed by atoms with Crippen LogP contribution in [0.25, 0.3) is 89.7 Å². The summed E-state index contributed by atoms with van der Waals surface area (Å²) in [6.45, 7) is 26.1. The number of aryl methyl sites for hydroxylation is 8. The molecule has 2 N–H and O–H groups in total. The Hall–Kier alpha value is -6.28. The third-order valence-electron chi connectivity index (χ3n) is 13.5. The van der Waals surface area contributed by atoms with Gasteiger partial charge in [0, 0.05) is 0 Å². The molecule has 9 rings (SSSR count). The number of allylic oxidation sites excluding steroid dienone is 4. The molecule has 0 amide bonds. The Balaban J connectivity index is 1.69. The van der Waals surface area contributed by atoms with E-state index in [9.17, 15) is 0 Å². The van der Waals surface area contributed by atoms with Gasteiger partial charge in [-0.3, -0.25) is 0 Å². The van der Waals surface area contributed by atoms with Gasteiger partial charge in [-0.25, -0.2) is 9.97 Å². The van der Waals surface area contributed by atoms with E-state index in [0.717, 1.165) is 165 Å². The Morgan fingerprint density at radius 1 is 0.328 bits per heavy atom. The van der Waals surface area contributed by atoms with E-state index in [1.54, 1.807) is 0 Å². The number of H-pyrrole nitrogens is 2. The highest BCUT2D eigenvalue weighted by molar-refractivity contribution is 6.08. The van der Waals surface area contributed by atoms with Gasteiger partial charge in [0.15, 0.2) is 0 Å². The lowest BCUT2D eigenvalue weighted by atomic mass is 9.92. The predicted octanol–water partition coefficient (Wildman–Crippen LogP) is 16.3. The van der Waals surface area contributed by atoms with Crippen LogP contribution in [-0.4, -0.2) is 19.9 Å². The van der Waals surface area contributed by atoms with E-state index >= 15 is 0 Å². The maximum absolute atomic E-state index is 6.69. The van der Waals surface area contributed by atoms with Gasteiger partial charge in [-0.15, -0.1) is 0 Å². The second kappa shape index (κ2) is 17.0. The zero-order chi connectivity index (χ0) is 45.1. The van der Waals surface area contributed by atoms with Gasteiger partial charge in [0.25, 0.3) is 0 Å². The molecule has 9 heterocycles. The maximum Gasteiger partial charge on any atom is 0.138 e. The number of aromatic nitrogens is 4. The van der Waals surface area contributed by atoms with Gasteiger partial charge in [0.2, 0.25) is 0 Å². The molecule has 8 heteroatoms. The number of rotatable bonds is 12. The quantitative estimate of drug-likeness (QED) is 0.127. The lowest BCUT2D eigenvalue weighted by molar-refractivity contribution is 0.548. The zero-order valence-electron chi connectivity index (χ0n) is 39.8. The summed E-state index contributed by atoms with van der Waals surface area (Å²) in [5, 5.41) is 0. The summed E-state index contributed by atoms with van der Waals surface area (Å²) in [4.78, 5) is 20.0. The van der Waals surface area contributed by atoms with Gasteiger partial charge < -0.3 is 27.6 Å². The van der Waals surface area contributed by atoms with Crippen LogP contribution in [0.3, 0.4) is 0 Å². The molecule has 0 fully saturated rings. The number of nitrogens with one attached hydrogen (secondary N) is 2. The summed E-state index contributed by atoms with van der Waals surface area (Å²) < 4.78 is 26.8. The molecule has 2 aliphatic rings. The van der Waals surface area contributed by atoms with Crippen molar-refractivity contribution in [2.24, 2.45) is 0 Å². The second-order valence-electron chi connectivity index (χ2n) is 17.2. The van der Waals surface area contributed by atoms with Crippen LogP contribution >= 0.6 is 0 Å². The summed E-state index contributed by atoms with van der Waals surface area (Å²) >= 11 is 0. The van der Waals surface area contributed by atoms with E-state index in [1.807, 2.05) is 27.7 Å². The summed E-state index contributed by atoms with van der Waals surface area (Å²) in [5.41, 5.74) is 21.3. The predicted molar refractivity (Wildman–Crippen MR) is 263 cm³/mol.